The average molecular weight is 434 g/mol. The summed E-state index contributed by atoms with van der Waals surface area (Å²) in [6.07, 6.45) is 2.40. The third-order valence-electron chi connectivity index (χ3n) is 5.85. The Balaban J connectivity index is 2.23. The van der Waals surface area contributed by atoms with E-state index in [1.165, 1.54) is 8.61 Å². The van der Waals surface area contributed by atoms with E-state index in [1.807, 2.05) is 13.8 Å². The van der Waals surface area contributed by atoms with Crippen LogP contribution in [0.15, 0.2) is 0 Å². The zero-order valence-corrected chi connectivity index (χ0v) is 18.1. The second kappa shape index (κ2) is 10.0. The molecule has 2 aliphatic rings. The molecule has 2 rings (SSSR count). The molecular formula is C17H35BN4O6S. The first kappa shape index (κ1) is 24.5. The summed E-state index contributed by atoms with van der Waals surface area (Å²) in [4.78, 5) is 11.9. The third-order valence-corrected chi connectivity index (χ3v) is 7.82. The van der Waals surface area contributed by atoms with Gasteiger partial charge in [0.25, 0.3) is 10.2 Å². The number of nitrogens with one attached hydrogen (secondary N) is 1. The Bertz CT molecular complexity index is 658. The number of nitrogens with two attached hydrogens (primary N) is 1. The van der Waals surface area contributed by atoms with Gasteiger partial charge in [-0.05, 0) is 38.0 Å². The highest BCUT2D eigenvalue weighted by Gasteiger charge is 2.53. The van der Waals surface area contributed by atoms with E-state index in [1.54, 1.807) is 0 Å². The molecule has 6 N–H and O–H groups in total. The number of piperidine rings is 1. The van der Waals surface area contributed by atoms with Gasteiger partial charge in [0.2, 0.25) is 0 Å². The largest absolute Gasteiger partial charge is 0.480 e. The molecule has 0 aliphatic carbocycles. The first-order valence-corrected chi connectivity index (χ1v) is 11.7. The van der Waals surface area contributed by atoms with Gasteiger partial charge < -0.3 is 26.2 Å². The monoisotopic (exact) mass is 434 g/mol. The van der Waals surface area contributed by atoms with Crippen LogP contribution in [0.2, 0.25) is 6.32 Å². The van der Waals surface area contributed by atoms with Crippen molar-refractivity contribution in [3.05, 3.63) is 0 Å². The maximum absolute atomic E-state index is 13.5. The Labute approximate surface area is 173 Å². The number of hydrogen-bond acceptors (Lipinski definition) is 7. The van der Waals surface area contributed by atoms with Crippen molar-refractivity contribution in [2.45, 2.75) is 57.4 Å². The summed E-state index contributed by atoms with van der Waals surface area (Å²) in [5.41, 5.74) is 4.48. The SMILES string of the molecule is CC(C)CN([C@@H]1CCCNC1)S(=O)(=O)N1C[C@H](CCCB(O)O)[C@](N)(C(=O)O)C1. The summed E-state index contributed by atoms with van der Waals surface area (Å²) in [5, 5.41) is 31.0. The van der Waals surface area contributed by atoms with Crippen LogP contribution in [0.25, 0.3) is 0 Å². The maximum Gasteiger partial charge on any atom is 0.451 e. The minimum absolute atomic E-state index is 0.0153. The van der Waals surface area contributed by atoms with E-state index in [2.05, 4.69) is 5.32 Å². The molecule has 2 aliphatic heterocycles. The predicted molar refractivity (Wildman–Crippen MR) is 110 cm³/mol. The van der Waals surface area contributed by atoms with Gasteiger partial charge in [-0.25, -0.2) is 0 Å². The number of carboxylic acid groups (broad SMARTS) is 1. The summed E-state index contributed by atoms with van der Waals surface area (Å²) in [7, 11) is -5.37. The summed E-state index contributed by atoms with van der Waals surface area (Å²) in [5.74, 6) is -1.71. The molecule has 0 aromatic carbocycles. The molecule has 0 spiro atoms. The van der Waals surface area contributed by atoms with Crippen molar-refractivity contribution in [2.24, 2.45) is 17.6 Å². The number of aliphatic carboxylic acids is 1. The molecule has 0 radical (unpaired) electrons. The molecule has 2 saturated heterocycles. The molecule has 10 nitrogen and oxygen atoms in total. The molecule has 168 valence electrons. The molecule has 29 heavy (non-hydrogen) atoms. The van der Waals surface area contributed by atoms with Crippen LogP contribution < -0.4 is 11.1 Å². The number of carboxylic acids is 1. The Morgan fingerprint density at radius 2 is 2.10 bits per heavy atom. The van der Waals surface area contributed by atoms with Crippen LogP contribution in [0.5, 0.6) is 0 Å². The Hall–Kier alpha value is -0.755. The minimum atomic E-state index is -3.89. The molecule has 12 heteroatoms. The minimum Gasteiger partial charge on any atom is -0.480 e. The van der Waals surface area contributed by atoms with E-state index in [4.69, 9.17) is 15.8 Å². The molecule has 2 fully saturated rings. The van der Waals surface area contributed by atoms with Gasteiger partial charge in [0.05, 0.1) is 0 Å². The van der Waals surface area contributed by atoms with E-state index in [0.717, 1.165) is 19.4 Å². The van der Waals surface area contributed by atoms with Crippen LogP contribution in [-0.2, 0) is 15.0 Å². The smallest absolute Gasteiger partial charge is 0.451 e. The lowest BCUT2D eigenvalue weighted by molar-refractivity contribution is -0.144. The molecule has 0 aromatic heterocycles. The fourth-order valence-corrected chi connectivity index (χ4v) is 6.31. The highest BCUT2D eigenvalue weighted by molar-refractivity contribution is 7.86. The highest BCUT2D eigenvalue weighted by atomic mass is 32.2. The molecule has 3 atom stereocenters. The number of nitrogens with zero attached hydrogens (tertiary/aromatic N) is 2. The molecule has 0 aromatic rings. The van der Waals surface area contributed by atoms with Gasteiger partial charge in [0.1, 0.15) is 5.54 Å². The fourth-order valence-electron chi connectivity index (χ4n) is 4.23. The van der Waals surface area contributed by atoms with Gasteiger partial charge in [-0.1, -0.05) is 20.3 Å². The summed E-state index contributed by atoms with van der Waals surface area (Å²) >= 11 is 0. The second-order valence-corrected chi connectivity index (χ2v) is 10.6. The topological polar surface area (TPSA) is 156 Å². The number of carbonyl (C=O) groups is 1. The van der Waals surface area contributed by atoms with Crippen molar-refractivity contribution in [2.75, 3.05) is 32.7 Å². The molecule has 0 amide bonds. The van der Waals surface area contributed by atoms with Crippen molar-refractivity contribution in [3.8, 4) is 0 Å². The summed E-state index contributed by atoms with van der Waals surface area (Å²) < 4.78 is 29.7. The summed E-state index contributed by atoms with van der Waals surface area (Å²) in [6.45, 7) is 5.43. The fraction of sp³-hybridized carbons (Fsp3) is 0.941. The predicted octanol–water partition coefficient (Wildman–Crippen LogP) is -1.09. The zero-order chi connectivity index (χ0) is 21.8. The highest BCUT2D eigenvalue weighted by Crippen LogP contribution is 2.34. The van der Waals surface area contributed by atoms with Crippen LogP contribution in [0.4, 0.5) is 0 Å². The lowest BCUT2D eigenvalue weighted by Crippen LogP contribution is -2.57. The van der Waals surface area contributed by atoms with Crippen molar-refractivity contribution < 1.29 is 28.4 Å². The zero-order valence-electron chi connectivity index (χ0n) is 17.3. The first-order chi connectivity index (χ1) is 13.5. The van der Waals surface area contributed by atoms with Crippen molar-refractivity contribution in [1.82, 2.24) is 13.9 Å². The Kier molecular flexibility index (Phi) is 8.48. The normalized spacial score (nSPS) is 28.9. The maximum atomic E-state index is 13.5. The number of hydrogen-bond donors (Lipinski definition) is 5. The van der Waals surface area contributed by atoms with E-state index in [9.17, 15) is 18.3 Å². The molecule has 0 unspecified atom stereocenters. The second-order valence-electron chi connectivity index (χ2n) is 8.72. The van der Waals surface area contributed by atoms with Gasteiger partial charge in [-0.3, -0.25) is 4.79 Å². The summed E-state index contributed by atoms with van der Waals surface area (Å²) in [6, 6.07) is -0.170. The van der Waals surface area contributed by atoms with Crippen LogP contribution in [0.1, 0.15) is 39.5 Å². The standard InChI is InChI=1S/C17H35BN4O6S/c1-13(2)10-22(15-6-4-8-20-9-15)29(27,28)21-11-14(5-3-7-18(25)26)17(19,12-21)16(23)24/h13-15,20,25-26H,3-12,19H2,1-2H3,(H,23,24)/t14-,15+,17-/m0/s1. The van der Waals surface area contributed by atoms with Gasteiger partial charge in [-0.15, -0.1) is 0 Å². The van der Waals surface area contributed by atoms with E-state index < -0.39 is 34.8 Å². The van der Waals surface area contributed by atoms with Crippen LogP contribution in [0.3, 0.4) is 0 Å². The van der Waals surface area contributed by atoms with E-state index in [-0.39, 0.29) is 31.4 Å². The van der Waals surface area contributed by atoms with Crippen molar-refractivity contribution in [3.63, 3.8) is 0 Å². The van der Waals surface area contributed by atoms with E-state index in [0.29, 0.717) is 25.9 Å². The number of rotatable bonds is 10. The molecule has 0 saturated carbocycles. The quantitative estimate of drug-likeness (QED) is 0.272. The van der Waals surface area contributed by atoms with Crippen LogP contribution in [-0.4, -0.2) is 89.6 Å². The lowest BCUT2D eigenvalue weighted by Gasteiger charge is -2.37. The van der Waals surface area contributed by atoms with Gasteiger partial charge in [0, 0.05) is 38.1 Å². The molecule has 2 heterocycles. The van der Waals surface area contributed by atoms with Crippen molar-refractivity contribution in [1.29, 1.82) is 0 Å². The third kappa shape index (κ3) is 5.90. The van der Waals surface area contributed by atoms with Crippen LogP contribution >= 0.6 is 0 Å². The Morgan fingerprint density at radius 1 is 1.41 bits per heavy atom. The average Bonchev–Trinajstić information content (AvgIpc) is 2.99. The molecule has 0 bridgehead atoms. The first-order valence-electron chi connectivity index (χ1n) is 10.3. The van der Waals surface area contributed by atoms with Gasteiger partial charge >= 0.3 is 13.1 Å². The van der Waals surface area contributed by atoms with Gasteiger partial charge in [0.15, 0.2) is 0 Å². The molecular weight excluding hydrogens is 399 g/mol. The van der Waals surface area contributed by atoms with Crippen molar-refractivity contribution >= 4 is 23.3 Å². The van der Waals surface area contributed by atoms with Gasteiger partial charge in [-0.2, -0.15) is 17.0 Å². The van der Waals surface area contributed by atoms with E-state index >= 15 is 0 Å². The lowest BCUT2D eigenvalue weighted by atomic mass is 9.78. The van der Waals surface area contributed by atoms with Crippen LogP contribution in [0, 0.1) is 11.8 Å². The Morgan fingerprint density at radius 3 is 2.62 bits per heavy atom.